The highest BCUT2D eigenvalue weighted by Crippen LogP contribution is 2.51. The summed E-state index contributed by atoms with van der Waals surface area (Å²) >= 11 is 7.64. The number of fused-ring (bicyclic) bond motifs is 1. The molecule has 188 valence electrons. The van der Waals surface area contributed by atoms with Crippen LogP contribution in [0.1, 0.15) is 53.1 Å². The van der Waals surface area contributed by atoms with Crippen LogP contribution in [0.5, 0.6) is 0 Å². The number of benzene rings is 1. The lowest BCUT2D eigenvalue weighted by Gasteiger charge is -2.42. The Bertz CT molecular complexity index is 1310. The van der Waals surface area contributed by atoms with E-state index in [2.05, 4.69) is 34.1 Å². The molecule has 0 radical (unpaired) electrons. The molecule has 1 fully saturated rings. The number of aromatic nitrogens is 3. The fourth-order valence-electron chi connectivity index (χ4n) is 5.24. The van der Waals surface area contributed by atoms with Crippen molar-refractivity contribution in [3.63, 3.8) is 0 Å². The van der Waals surface area contributed by atoms with E-state index in [0.717, 1.165) is 32.4 Å². The van der Waals surface area contributed by atoms with Gasteiger partial charge in [-0.3, -0.25) is 0 Å². The van der Waals surface area contributed by atoms with Crippen molar-refractivity contribution in [1.82, 2.24) is 15.0 Å². The molecule has 36 heavy (non-hydrogen) atoms. The second kappa shape index (κ2) is 9.88. The zero-order chi connectivity index (χ0) is 25.4. The number of hydrogen-bond donors (Lipinski definition) is 2. The van der Waals surface area contributed by atoms with Gasteiger partial charge in [-0.2, -0.15) is 0 Å². The maximum Gasteiger partial charge on any atom is 0.360 e. The summed E-state index contributed by atoms with van der Waals surface area (Å²) in [6.07, 6.45) is 4.39. The topological polar surface area (TPSA) is 120 Å². The van der Waals surface area contributed by atoms with Crippen molar-refractivity contribution in [3.8, 4) is 0 Å². The van der Waals surface area contributed by atoms with E-state index in [9.17, 15) is 4.79 Å². The van der Waals surface area contributed by atoms with Gasteiger partial charge in [0.2, 0.25) is 0 Å². The minimum Gasteiger partial charge on any atom is -0.461 e. The molecule has 0 bridgehead atoms. The zero-order valence-corrected chi connectivity index (χ0v) is 21.9. The molecule has 1 unspecified atom stereocenters. The van der Waals surface area contributed by atoms with Gasteiger partial charge in [-0.1, -0.05) is 47.6 Å². The van der Waals surface area contributed by atoms with Crippen molar-refractivity contribution < 1.29 is 9.53 Å². The highest BCUT2D eigenvalue weighted by Gasteiger charge is 2.46. The van der Waals surface area contributed by atoms with Crippen LogP contribution in [-0.2, 0) is 11.2 Å². The Hall–Kier alpha value is -2.88. The monoisotopic (exact) mass is 524 g/mol. The highest BCUT2D eigenvalue weighted by molar-refractivity contribution is 7.99. The number of anilines is 2. The van der Waals surface area contributed by atoms with Gasteiger partial charge in [0.05, 0.1) is 17.3 Å². The average molecular weight is 525 g/mol. The lowest BCUT2D eigenvalue weighted by atomic mass is 9.73. The molecule has 1 aliphatic heterocycles. The number of carbonyl (C=O) groups is 1. The molecular formula is C26H29ClN6O2S. The van der Waals surface area contributed by atoms with Gasteiger partial charge in [0.15, 0.2) is 11.5 Å². The van der Waals surface area contributed by atoms with E-state index in [4.69, 9.17) is 37.8 Å². The van der Waals surface area contributed by atoms with E-state index in [0.29, 0.717) is 26.5 Å². The standard InChI is InChI=1S/C26H29ClN6O2S/c1-3-35-25(34)20-23(31-15(2)24(32-20)36-18-8-11-30-22(29)19(18)27)33-12-9-26(10-13-33)14-16-6-4-5-7-17(16)21(26)28/h4-8,11,21H,3,9-10,12-14,28H2,1-2H3,(H2,29,30). The van der Waals surface area contributed by atoms with Crippen LogP contribution < -0.4 is 16.4 Å². The van der Waals surface area contributed by atoms with Gasteiger partial charge < -0.3 is 21.1 Å². The third-order valence-electron chi connectivity index (χ3n) is 7.22. The van der Waals surface area contributed by atoms with Crippen molar-refractivity contribution in [2.45, 2.75) is 49.1 Å². The second-order valence-corrected chi connectivity index (χ2v) is 10.7. The number of aryl methyl sites for hydroxylation is 1. The van der Waals surface area contributed by atoms with E-state index in [-0.39, 0.29) is 29.6 Å². The first-order valence-corrected chi connectivity index (χ1v) is 13.2. The van der Waals surface area contributed by atoms with E-state index < -0.39 is 5.97 Å². The normalized spacial score (nSPS) is 18.3. The number of ether oxygens (including phenoxy) is 1. The molecule has 8 nitrogen and oxygen atoms in total. The fraction of sp³-hybridized carbons (Fsp3) is 0.385. The van der Waals surface area contributed by atoms with Crippen molar-refractivity contribution >= 4 is 41.0 Å². The SMILES string of the molecule is CCOC(=O)c1nc(Sc2ccnc(N)c2Cl)c(C)nc1N1CCC2(CC1)Cc1ccccc1C2N. The maximum absolute atomic E-state index is 13.0. The molecule has 5 rings (SSSR count). The number of pyridine rings is 1. The summed E-state index contributed by atoms with van der Waals surface area (Å²) in [6.45, 7) is 5.38. The van der Waals surface area contributed by atoms with Gasteiger partial charge >= 0.3 is 5.97 Å². The third-order valence-corrected chi connectivity index (χ3v) is 8.87. The van der Waals surface area contributed by atoms with Crippen molar-refractivity contribution in [3.05, 3.63) is 64.1 Å². The zero-order valence-electron chi connectivity index (χ0n) is 20.3. The molecule has 10 heteroatoms. The lowest BCUT2D eigenvalue weighted by Crippen LogP contribution is -2.45. The van der Waals surface area contributed by atoms with Crippen LogP contribution in [0.4, 0.5) is 11.6 Å². The second-order valence-electron chi connectivity index (χ2n) is 9.32. The Balaban J connectivity index is 1.43. The van der Waals surface area contributed by atoms with E-state index in [1.807, 2.05) is 6.92 Å². The van der Waals surface area contributed by atoms with E-state index in [1.165, 1.54) is 22.9 Å². The van der Waals surface area contributed by atoms with E-state index in [1.54, 1.807) is 19.2 Å². The molecule has 1 aliphatic carbocycles. The summed E-state index contributed by atoms with van der Waals surface area (Å²) in [7, 11) is 0. The minimum atomic E-state index is -0.493. The molecule has 3 aromatic rings. The molecule has 1 atom stereocenters. The van der Waals surface area contributed by atoms with Gasteiger partial charge in [-0.05, 0) is 55.7 Å². The molecule has 4 N–H and O–H groups in total. The van der Waals surface area contributed by atoms with Crippen LogP contribution >= 0.6 is 23.4 Å². The third kappa shape index (κ3) is 4.40. The molecule has 1 saturated heterocycles. The van der Waals surface area contributed by atoms with Crippen LogP contribution in [0.3, 0.4) is 0 Å². The van der Waals surface area contributed by atoms with Crippen molar-refractivity contribution in [1.29, 1.82) is 0 Å². The first kappa shape index (κ1) is 24.8. The number of rotatable bonds is 5. The summed E-state index contributed by atoms with van der Waals surface area (Å²) in [6, 6.07) is 10.2. The Kier molecular flexibility index (Phi) is 6.80. The molecule has 3 heterocycles. The molecular weight excluding hydrogens is 496 g/mol. The molecule has 1 spiro atoms. The van der Waals surface area contributed by atoms with Crippen LogP contribution in [0.15, 0.2) is 46.5 Å². The highest BCUT2D eigenvalue weighted by atomic mass is 35.5. The first-order chi connectivity index (χ1) is 17.3. The van der Waals surface area contributed by atoms with Gasteiger partial charge in [0, 0.05) is 30.2 Å². The molecule has 1 aromatic carbocycles. The quantitative estimate of drug-likeness (QED) is 0.461. The number of carbonyl (C=O) groups excluding carboxylic acids is 1. The molecule has 0 saturated carbocycles. The maximum atomic E-state index is 13.0. The van der Waals surface area contributed by atoms with Crippen LogP contribution in [0, 0.1) is 12.3 Å². The number of esters is 1. The van der Waals surface area contributed by atoms with E-state index >= 15 is 0 Å². The molecule has 0 amide bonds. The Labute approximate surface area is 219 Å². The minimum absolute atomic E-state index is 0.0181. The first-order valence-electron chi connectivity index (χ1n) is 12.0. The smallest absolute Gasteiger partial charge is 0.360 e. The predicted molar refractivity (Wildman–Crippen MR) is 141 cm³/mol. The van der Waals surface area contributed by atoms with Gasteiger partial charge in [-0.25, -0.2) is 19.7 Å². The Morgan fingerprint density at radius 1 is 1.25 bits per heavy atom. The number of nitrogen functional groups attached to an aromatic ring is 1. The number of piperidine rings is 1. The number of nitrogens with zero attached hydrogens (tertiary/aromatic N) is 4. The molecule has 2 aromatic heterocycles. The Morgan fingerprint density at radius 3 is 2.72 bits per heavy atom. The summed E-state index contributed by atoms with van der Waals surface area (Å²) < 4.78 is 5.35. The fourth-order valence-corrected chi connectivity index (χ4v) is 6.33. The number of hydrogen-bond acceptors (Lipinski definition) is 9. The summed E-state index contributed by atoms with van der Waals surface area (Å²) in [5, 5.41) is 0.914. The van der Waals surface area contributed by atoms with Crippen molar-refractivity contribution in [2.24, 2.45) is 11.1 Å². The summed E-state index contributed by atoms with van der Waals surface area (Å²) in [5.41, 5.74) is 16.1. The van der Waals surface area contributed by atoms with Crippen LogP contribution in [0.2, 0.25) is 5.02 Å². The average Bonchev–Trinajstić information content (AvgIpc) is 3.14. The molecule has 2 aliphatic rings. The van der Waals surface area contributed by atoms with Gasteiger partial charge in [-0.15, -0.1) is 0 Å². The lowest BCUT2D eigenvalue weighted by molar-refractivity contribution is 0.0518. The largest absolute Gasteiger partial charge is 0.461 e. The van der Waals surface area contributed by atoms with Gasteiger partial charge in [0.1, 0.15) is 10.8 Å². The predicted octanol–water partition coefficient (Wildman–Crippen LogP) is 4.59. The van der Waals surface area contributed by atoms with Crippen LogP contribution in [-0.4, -0.2) is 40.6 Å². The van der Waals surface area contributed by atoms with Gasteiger partial charge in [0.25, 0.3) is 0 Å². The van der Waals surface area contributed by atoms with Crippen molar-refractivity contribution in [2.75, 3.05) is 30.3 Å². The summed E-state index contributed by atoms with van der Waals surface area (Å²) in [4.78, 5) is 29.3. The summed E-state index contributed by atoms with van der Waals surface area (Å²) in [5.74, 6) is 0.297. The Morgan fingerprint density at radius 2 is 2.00 bits per heavy atom. The number of nitrogens with two attached hydrogens (primary N) is 2. The number of halogens is 1. The van der Waals surface area contributed by atoms with Crippen LogP contribution in [0.25, 0.3) is 0 Å².